The van der Waals surface area contributed by atoms with E-state index in [-0.39, 0.29) is 11.9 Å². The molecule has 0 aromatic rings. The first kappa shape index (κ1) is 19.5. The van der Waals surface area contributed by atoms with E-state index in [1.165, 1.54) is 39.2 Å². The minimum Gasteiger partial charge on any atom is -0.467 e. The molecule has 1 fully saturated rings. The van der Waals surface area contributed by atoms with Gasteiger partial charge in [0.2, 0.25) is 0 Å². The molecule has 3 unspecified atom stereocenters. The van der Waals surface area contributed by atoms with Crippen LogP contribution in [0.15, 0.2) is 0 Å². The van der Waals surface area contributed by atoms with E-state index in [2.05, 4.69) is 20.8 Å². The molecule has 0 radical (unpaired) electrons. The molecule has 1 saturated carbocycles. The fourth-order valence-corrected chi connectivity index (χ4v) is 4.48. The molecular formula is C19H36O3. The average molecular weight is 312 g/mol. The zero-order valence-electron chi connectivity index (χ0n) is 15.3. The molecule has 0 amide bonds. The number of hydrogen-bond donors (Lipinski definition) is 0. The molecule has 0 saturated heterocycles. The molecule has 1 rings (SSSR count). The lowest BCUT2D eigenvalue weighted by Crippen LogP contribution is -2.52. The summed E-state index contributed by atoms with van der Waals surface area (Å²) in [5.74, 6) is 1.29. The maximum Gasteiger partial charge on any atom is 0.338 e. The van der Waals surface area contributed by atoms with Crippen molar-refractivity contribution in [3.63, 3.8) is 0 Å². The van der Waals surface area contributed by atoms with Crippen LogP contribution < -0.4 is 0 Å². The fraction of sp³-hybridized carbons (Fsp3) is 0.947. The number of carbonyl (C=O) groups is 1. The van der Waals surface area contributed by atoms with E-state index in [1.54, 1.807) is 0 Å². The first-order valence-corrected chi connectivity index (χ1v) is 9.29. The SMILES string of the molecule is CCCC(C(C)C1CCCCC1)C(CC)(OCC)C(=O)OC. The van der Waals surface area contributed by atoms with Gasteiger partial charge < -0.3 is 9.47 Å². The molecule has 0 aromatic carbocycles. The molecule has 0 spiro atoms. The van der Waals surface area contributed by atoms with Crippen LogP contribution in [0.4, 0.5) is 0 Å². The van der Waals surface area contributed by atoms with Crippen LogP contribution in [0.1, 0.15) is 79.1 Å². The third kappa shape index (κ3) is 4.24. The normalized spacial score (nSPS) is 21.9. The Balaban J connectivity index is 3.07. The van der Waals surface area contributed by atoms with E-state index in [0.717, 1.165) is 18.8 Å². The van der Waals surface area contributed by atoms with Gasteiger partial charge in [-0.15, -0.1) is 0 Å². The maximum absolute atomic E-state index is 12.6. The third-order valence-corrected chi connectivity index (χ3v) is 5.68. The molecule has 1 aliphatic rings. The Hall–Kier alpha value is -0.570. The van der Waals surface area contributed by atoms with E-state index in [9.17, 15) is 4.79 Å². The molecule has 0 N–H and O–H groups in total. The molecule has 0 aromatic heterocycles. The van der Waals surface area contributed by atoms with Crippen molar-refractivity contribution in [2.24, 2.45) is 17.8 Å². The highest BCUT2D eigenvalue weighted by atomic mass is 16.6. The Morgan fingerprint density at radius 1 is 1.18 bits per heavy atom. The van der Waals surface area contributed by atoms with Crippen molar-refractivity contribution in [1.29, 1.82) is 0 Å². The highest BCUT2D eigenvalue weighted by Crippen LogP contribution is 2.43. The molecule has 0 aliphatic heterocycles. The second-order valence-corrected chi connectivity index (χ2v) is 6.82. The molecule has 3 nitrogen and oxygen atoms in total. The van der Waals surface area contributed by atoms with E-state index < -0.39 is 5.60 Å². The average Bonchev–Trinajstić information content (AvgIpc) is 2.57. The number of rotatable bonds is 9. The largest absolute Gasteiger partial charge is 0.467 e. The van der Waals surface area contributed by atoms with Gasteiger partial charge >= 0.3 is 5.97 Å². The molecule has 3 heteroatoms. The van der Waals surface area contributed by atoms with Crippen molar-refractivity contribution in [1.82, 2.24) is 0 Å². The standard InChI is InChI=1S/C19H36O3/c1-6-12-17(15(4)16-13-10-9-11-14-16)19(7-2,22-8-3)18(20)21-5/h15-17H,6-14H2,1-5H3. The number of methoxy groups -OCH3 is 1. The molecule has 1 aliphatic carbocycles. The fourth-order valence-electron chi connectivity index (χ4n) is 4.48. The summed E-state index contributed by atoms with van der Waals surface area (Å²) < 4.78 is 11.2. The Bertz CT molecular complexity index is 323. The van der Waals surface area contributed by atoms with Crippen LogP contribution in [0.3, 0.4) is 0 Å². The van der Waals surface area contributed by atoms with E-state index in [4.69, 9.17) is 9.47 Å². The first-order chi connectivity index (χ1) is 10.6. The van der Waals surface area contributed by atoms with Crippen LogP contribution in [0.2, 0.25) is 0 Å². The Kier molecular flexibility index (Phi) is 8.45. The Labute approximate surface area is 137 Å². The van der Waals surface area contributed by atoms with Gasteiger partial charge in [0.1, 0.15) is 0 Å². The summed E-state index contributed by atoms with van der Waals surface area (Å²) in [4.78, 5) is 12.6. The minimum absolute atomic E-state index is 0.182. The van der Waals surface area contributed by atoms with Crippen molar-refractivity contribution in [2.75, 3.05) is 13.7 Å². The van der Waals surface area contributed by atoms with E-state index >= 15 is 0 Å². The van der Waals surface area contributed by atoms with Crippen LogP contribution >= 0.6 is 0 Å². The predicted octanol–water partition coefficient (Wildman–Crippen LogP) is 4.98. The van der Waals surface area contributed by atoms with Gasteiger partial charge in [-0.1, -0.05) is 59.3 Å². The molecule has 130 valence electrons. The Morgan fingerprint density at radius 3 is 2.27 bits per heavy atom. The summed E-state index contributed by atoms with van der Waals surface area (Å²) in [5, 5.41) is 0. The second kappa shape index (κ2) is 9.54. The van der Waals surface area contributed by atoms with Crippen molar-refractivity contribution in [3.8, 4) is 0 Å². The van der Waals surface area contributed by atoms with Crippen LogP contribution in [0.25, 0.3) is 0 Å². The van der Waals surface area contributed by atoms with Crippen molar-refractivity contribution >= 4 is 5.97 Å². The van der Waals surface area contributed by atoms with Gasteiger partial charge in [-0.3, -0.25) is 0 Å². The number of esters is 1. The van der Waals surface area contributed by atoms with Gasteiger partial charge in [-0.2, -0.15) is 0 Å². The van der Waals surface area contributed by atoms with Crippen molar-refractivity contribution in [2.45, 2.75) is 84.7 Å². The first-order valence-electron chi connectivity index (χ1n) is 9.29. The quantitative estimate of drug-likeness (QED) is 0.563. The summed E-state index contributed by atoms with van der Waals surface area (Å²) >= 11 is 0. The zero-order valence-corrected chi connectivity index (χ0v) is 15.3. The predicted molar refractivity (Wildman–Crippen MR) is 90.8 cm³/mol. The van der Waals surface area contributed by atoms with Gasteiger partial charge in [0.25, 0.3) is 0 Å². The number of carbonyl (C=O) groups excluding carboxylic acids is 1. The van der Waals surface area contributed by atoms with E-state index in [1.807, 2.05) is 6.92 Å². The summed E-state index contributed by atoms with van der Waals surface area (Å²) in [6, 6.07) is 0. The van der Waals surface area contributed by atoms with Crippen LogP contribution in [-0.4, -0.2) is 25.3 Å². The van der Waals surface area contributed by atoms with Crippen LogP contribution in [0.5, 0.6) is 0 Å². The summed E-state index contributed by atoms with van der Waals surface area (Å²) in [7, 11) is 1.49. The molecule has 0 heterocycles. The lowest BCUT2D eigenvalue weighted by molar-refractivity contribution is -0.184. The highest BCUT2D eigenvalue weighted by molar-refractivity contribution is 5.80. The molecular weight excluding hydrogens is 276 g/mol. The third-order valence-electron chi connectivity index (χ3n) is 5.68. The minimum atomic E-state index is -0.767. The molecule has 22 heavy (non-hydrogen) atoms. The van der Waals surface area contributed by atoms with Gasteiger partial charge in [0.15, 0.2) is 5.60 Å². The van der Waals surface area contributed by atoms with Crippen LogP contribution in [0, 0.1) is 17.8 Å². The number of ether oxygens (including phenoxy) is 2. The summed E-state index contributed by atoms with van der Waals surface area (Å²) in [5.41, 5.74) is -0.767. The maximum atomic E-state index is 12.6. The van der Waals surface area contributed by atoms with Gasteiger partial charge in [0.05, 0.1) is 7.11 Å². The molecule has 3 atom stereocenters. The molecule has 0 bridgehead atoms. The van der Waals surface area contributed by atoms with Crippen LogP contribution in [-0.2, 0) is 14.3 Å². The van der Waals surface area contributed by atoms with Gasteiger partial charge in [0, 0.05) is 12.5 Å². The second-order valence-electron chi connectivity index (χ2n) is 6.82. The van der Waals surface area contributed by atoms with Crippen molar-refractivity contribution in [3.05, 3.63) is 0 Å². The number of hydrogen-bond acceptors (Lipinski definition) is 3. The topological polar surface area (TPSA) is 35.5 Å². The lowest BCUT2D eigenvalue weighted by atomic mass is 9.67. The summed E-state index contributed by atoms with van der Waals surface area (Å²) in [6.45, 7) is 9.12. The van der Waals surface area contributed by atoms with Crippen molar-refractivity contribution < 1.29 is 14.3 Å². The van der Waals surface area contributed by atoms with E-state index in [0.29, 0.717) is 18.9 Å². The van der Waals surface area contributed by atoms with Gasteiger partial charge in [-0.05, 0) is 31.6 Å². The smallest absolute Gasteiger partial charge is 0.338 e. The lowest BCUT2D eigenvalue weighted by Gasteiger charge is -2.43. The summed E-state index contributed by atoms with van der Waals surface area (Å²) in [6.07, 6.45) is 9.43. The zero-order chi connectivity index (χ0) is 16.6. The highest BCUT2D eigenvalue weighted by Gasteiger charge is 2.49. The van der Waals surface area contributed by atoms with Gasteiger partial charge in [-0.25, -0.2) is 4.79 Å². The monoisotopic (exact) mass is 312 g/mol. The Morgan fingerprint density at radius 2 is 1.82 bits per heavy atom.